The largest absolute Gasteiger partial charge is 0.442 e. The molecule has 2 aliphatic rings. The van der Waals surface area contributed by atoms with Gasteiger partial charge in [0.2, 0.25) is 0 Å². The van der Waals surface area contributed by atoms with Crippen molar-refractivity contribution >= 4 is 34.9 Å². The van der Waals surface area contributed by atoms with Gasteiger partial charge in [0.05, 0.1) is 13.1 Å². The number of carbonyl (C=O) groups excluding carboxylic acids is 2. The molecule has 3 rings (SSSR count). The van der Waals surface area contributed by atoms with E-state index in [0.717, 1.165) is 12.8 Å². The van der Waals surface area contributed by atoms with Crippen molar-refractivity contribution in [3.05, 3.63) is 15.0 Å². The fourth-order valence-corrected chi connectivity index (χ4v) is 3.22. The molecule has 1 saturated carbocycles. The molecular formula is C12H12ClF2N3O3S. The van der Waals surface area contributed by atoms with Gasteiger partial charge in [-0.2, -0.15) is 0 Å². The minimum absolute atomic E-state index is 0.106. The van der Waals surface area contributed by atoms with Crippen LogP contribution in [-0.4, -0.2) is 47.1 Å². The second-order valence-corrected chi connectivity index (χ2v) is 6.46. The summed E-state index contributed by atoms with van der Waals surface area (Å²) in [6, 6.07) is 0.250. The standard InChI is InChI=1S/C12H12ClF2N3O3S/c13-8-7(9(14)15)22-11(17-8)10(19)16-3-6-4-18(5-1-2-5)12(20)21-6/h5-6,9H,1-4H2,(H,16,19). The fraction of sp³-hybridized carbons (Fsp3) is 0.583. The smallest absolute Gasteiger partial charge is 0.410 e. The van der Waals surface area contributed by atoms with Gasteiger partial charge in [0.1, 0.15) is 16.1 Å². The molecule has 2 fully saturated rings. The van der Waals surface area contributed by atoms with E-state index >= 15 is 0 Å². The van der Waals surface area contributed by atoms with Crippen molar-refractivity contribution in [2.45, 2.75) is 31.4 Å². The van der Waals surface area contributed by atoms with Gasteiger partial charge in [-0.25, -0.2) is 18.6 Å². The number of cyclic esters (lactones) is 1. The van der Waals surface area contributed by atoms with Crippen LogP contribution in [0.1, 0.15) is 33.9 Å². The number of ether oxygens (including phenoxy) is 1. The van der Waals surface area contributed by atoms with E-state index in [1.165, 1.54) is 0 Å². The third-order valence-corrected chi connectivity index (χ3v) is 4.84. The lowest BCUT2D eigenvalue weighted by Crippen LogP contribution is -2.35. The van der Waals surface area contributed by atoms with Crippen molar-refractivity contribution in [3.8, 4) is 0 Å². The minimum atomic E-state index is -2.77. The fourth-order valence-electron chi connectivity index (χ4n) is 2.16. The van der Waals surface area contributed by atoms with E-state index in [0.29, 0.717) is 17.9 Å². The lowest BCUT2D eigenvalue weighted by atomic mass is 10.3. The molecule has 22 heavy (non-hydrogen) atoms. The molecule has 2 heterocycles. The summed E-state index contributed by atoms with van der Waals surface area (Å²) in [6.07, 6.45) is -1.64. The van der Waals surface area contributed by atoms with Crippen LogP contribution < -0.4 is 5.32 Å². The Morgan fingerprint density at radius 1 is 1.55 bits per heavy atom. The summed E-state index contributed by atoms with van der Waals surface area (Å²) >= 11 is 6.11. The first kappa shape index (κ1) is 15.4. The Hall–Kier alpha value is -1.48. The topological polar surface area (TPSA) is 71.5 Å². The van der Waals surface area contributed by atoms with Gasteiger partial charge in [0.15, 0.2) is 5.01 Å². The van der Waals surface area contributed by atoms with Crippen molar-refractivity contribution in [2.24, 2.45) is 0 Å². The zero-order chi connectivity index (χ0) is 15.9. The molecule has 1 saturated heterocycles. The zero-order valence-corrected chi connectivity index (χ0v) is 12.8. The molecule has 1 aliphatic heterocycles. The first-order valence-corrected chi connectivity index (χ1v) is 7.85. The second-order valence-electron chi connectivity index (χ2n) is 5.07. The van der Waals surface area contributed by atoms with Gasteiger partial charge < -0.3 is 15.0 Å². The molecule has 10 heteroatoms. The quantitative estimate of drug-likeness (QED) is 0.884. The average Bonchev–Trinajstić information content (AvgIpc) is 3.12. The number of hydrogen-bond donors (Lipinski definition) is 1. The van der Waals surface area contributed by atoms with Crippen LogP contribution in [0, 0.1) is 0 Å². The van der Waals surface area contributed by atoms with E-state index in [1.54, 1.807) is 4.90 Å². The maximum Gasteiger partial charge on any atom is 0.410 e. The van der Waals surface area contributed by atoms with Crippen molar-refractivity contribution in [1.82, 2.24) is 15.2 Å². The van der Waals surface area contributed by atoms with E-state index in [1.807, 2.05) is 0 Å². The predicted octanol–water partition coefficient (Wildman–Crippen LogP) is 2.45. The van der Waals surface area contributed by atoms with Crippen LogP contribution in [0.5, 0.6) is 0 Å². The molecule has 0 bridgehead atoms. The lowest BCUT2D eigenvalue weighted by molar-refractivity contribution is 0.0914. The number of carbonyl (C=O) groups is 2. The molecule has 1 atom stereocenters. The van der Waals surface area contributed by atoms with Crippen molar-refractivity contribution in [3.63, 3.8) is 0 Å². The monoisotopic (exact) mass is 351 g/mol. The maximum absolute atomic E-state index is 12.6. The van der Waals surface area contributed by atoms with Crippen LogP contribution in [0.25, 0.3) is 0 Å². The van der Waals surface area contributed by atoms with Crippen molar-refractivity contribution in [1.29, 1.82) is 0 Å². The van der Waals surface area contributed by atoms with Crippen molar-refractivity contribution in [2.75, 3.05) is 13.1 Å². The number of halogens is 3. The highest BCUT2D eigenvalue weighted by Gasteiger charge is 2.41. The summed E-state index contributed by atoms with van der Waals surface area (Å²) in [5, 5.41) is 2.02. The number of rotatable bonds is 5. The van der Waals surface area contributed by atoms with Crippen LogP contribution in [0.15, 0.2) is 0 Å². The van der Waals surface area contributed by atoms with Crippen LogP contribution >= 0.6 is 22.9 Å². The summed E-state index contributed by atoms with van der Waals surface area (Å²) in [5.74, 6) is -0.611. The summed E-state index contributed by atoms with van der Waals surface area (Å²) in [6.45, 7) is 0.527. The molecule has 2 amide bonds. The molecule has 1 unspecified atom stereocenters. The SMILES string of the molecule is O=C(NCC1CN(C2CC2)C(=O)O1)c1nc(Cl)c(C(F)F)s1. The molecule has 120 valence electrons. The highest BCUT2D eigenvalue weighted by Crippen LogP contribution is 2.32. The Morgan fingerprint density at radius 2 is 2.27 bits per heavy atom. The van der Waals surface area contributed by atoms with E-state index < -0.39 is 23.3 Å². The molecule has 1 aromatic rings. The van der Waals surface area contributed by atoms with Crippen LogP contribution in [0.4, 0.5) is 13.6 Å². The first-order valence-electron chi connectivity index (χ1n) is 6.65. The van der Waals surface area contributed by atoms with Gasteiger partial charge >= 0.3 is 6.09 Å². The average molecular weight is 352 g/mol. The number of hydrogen-bond acceptors (Lipinski definition) is 5. The van der Waals surface area contributed by atoms with Crippen LogP contribution in [0.2, 0.25) is 5.15 Å². The highest BCUT2D eigenvalue weighted by molar-refractivity contribution is 7.14. The maximum atomic E-state index is 12.6. The Bertz CT molecular complexity index is 608. The van der Waals surface area contributed by atoms with Gasteiger partial charge in [-0.1, -0.05) is 11.6 Å². The number of nitrogens with zero attached hydrogens (tertiary/aromatic N) is 2. The highest BCUT2D eigenvalue weighted by atomic mass is 35.5. The Morgan fingerprint density at radius 3 is 2.86 bits per heavy atom. The van der Waals surface area contributed by atoms with E-state index in [9.17, 15) is 18.4 Å². The predicted molar refractivity (Wildman–Crippen MR) is 74.4 cm³/mol. The second kappa shape index (κ2) is 5.96. The van der Waals surface area contributed by atoms with Gasteiger partial charge in [-0.05, 0) is 12.8 Å². The summed E-state index contributed by atoms with van der Waals surface area (Å²) in [5.41, 5.74) is 0. The summed E-state index contributed by atoms with van der Waals surface area (Å²) in [7, 11) is 0. The number of thiazole rings is 1. The summed E-state index contributed by atoms with van der Waals surface area (Å²) < 4.78 is 30.3. The normalized spacial score (nSPS) is 21.4. The third kappa shape index (κ3) is 3.14. The number of nitrogens with one attached hydrogen (secondary N) is 1. The van der Waals surface area contributed by atoms with Crippen LogP contribution in [-0.2, 0) is 4.74 Å². The number of amides is 2. The molecule has 0 aromatic carbocycles. The first-order chi connectivity index (χ1) is 10.5. The Labute approximate surface area is 133 Å². The lowest BCUT2D eigenvalue weighted by Gasteiger charge is -2.10. The Kier molecular flexibility index (Phi) is 4.18. The van der Waals surface area contributed by atoms with E-state index in [-0.39, 0.29) is 28.8 Å². The van der Waals surface area contributed by atoms with Crippen molar-refractivity contribution < 1.29 is 23.1 Å². The molecular weight excluding hydrogens is 340 g/mol. The number of alkyl halides is 2. The Balaban J connectivity index is 1.54. The van der Waals surface area contributed by atoms with Gasteiger partial charge in [0.25, 0.3) is 12.3 Å². The molecule has 1 aromatic heterocycles. The molecule has 0 radical (unpaired) electrons. The molecule has 6 nitrogen and oxygen atoms in total. The van der Waals surface area contributed by atoms with Gasteiger partial charge in [0, 0.05) is 6.04 Å². The zero-order valence-electron chi connectivity index (χ0n) is 11.2. The van der Waals surface area contributed by atoms with Gasteiger partial charge in [-0.3, -0.25) is 4.79 Å². The minimum Gasteiger partial charge on any atom is -0.442 e. The van der Waals surface area contributed by atoms with Crippen LogP contribution in [0.3, 0.4) is 0 Å². The molecule has 1 N–H and O–H groups in total. The third-order valence-electron chi connectivity index (χ3n) is 3.38. The molecule has 0 spiro atoms. The van der Waals surface area contributed by atoms with E-state index in [4.69, 9.17) is 16.3 Å². The molecule has 1 aliphatic carbocycles. The number of aromatic nitrogens is 1. The van der Waals surface area contributed by atoms with Gasteiger partial charge in [-0.15, -0.1) is 11.3 Å². The summed E-state index contributed by atoms with van der Waals surface area (Å²) in [4.78, 5) is 28.3. The van der Waals surface area contributed by atoms with E-state index in [2.05, 4.69) is 10.3 Å².